The molecule has 0 aliphatic rings. The van der Waals surface area contributed by atoms with Crippen LogP contribution >= 0.6 is 0 Å². The van der Waals surface area contributed by atoms with Gasteiger partial charge >= 0.3 is 6.03 Å². The molecule has 0 saturated heterocycles. The maximum absolute atomic E-state index is 12.2. The maximum atomic E-state index is 12.2. The molecule has 0 unspecified atom stereocenters. The van der Waals surface area contributed by atoms with Crippen LogP contribution in [0, 0.1) is 0 Å². The highest BCUT2D eigenvalue weighted by molar-refractivity contribution is 6.00. The minimum Gasteiger partial charge on any atom is -0.493 e. The number of rotatable bonds is 8. The topological polar surface area (TPSA) is 97.4 Å². The molecule has 8 nitrogen and oxygen atoms in total. The number of anilines is 4. The number of benzene rings is 4. The van der Waals surface area contributed by atoms with Crippen LogP contribution in [0.25, 0.3) is 10.9 Å². The Morgan fingerprint density at radius 1 is 0.757 bits per heavy atom. The van der Waals surface area contributed by atoms with Gasteiger partial charge in [0.15, 0.2) is 11.5 Å². The lowest BCUT2D eigenvalue weighted by molar-refractivity contribution is 0.262. The molecular weight excluding hydrogens is 466 g/mol. The number of nitrogens with zero attached hydrogens (tertiary/aromatic N) is 2. The molecule has 0 saturated carbocycles. The molecule has 8 heteroatoms. The number of hydrogen-bond acceptors (Lipinski definition) is 6. The summed E-state index contributed by atoms with van der Waals surface area (Å²) in [4.78, 5) is 21.1. The van der Waals surface area contributed by atoms with Gasteiger partial charge in [-0.25, -0.2) is 14.8 Å². The third-order valence-corrected chi connectivity index (χ3v) is 5.60. The van der Waals surface area contributed by atoms with E-state index in [0.29, 0.717) is 29.6 Å². The molecule has 1 aromatic heterocycles. The fourth-order valence-electron chi connectivity index (χ4n) is 3.76. The van der Waals surface area contributed by atoms with E-state index in [1.807, 2.05) is 97.1 Å². The Balaban J connectivity index is 1.29. The molecule has 0 aliphatic carbocycles. The molecule has 5 aromatic rings. The normalized spacial score (nSPS) is 10.5. The monoisotopic (exact) mass is 491 g/mol. The zero-order chi connectivity index (χ0) is 25.5. The second kappa shape index (κ2) is 11.1. The molecule has 0 atom stereocenters. The lowest BCUT2D eigenvalue weighted by Crippen LogP contribution is -2.19. The molecule has 0 aliphatic heterocycles. The average molecular weight is 492 g/mol. The minimum absolute atomic E-state index is 0.314. The fourth-order valence-corrected chi connectivity index (χ4v) is 3.76. The number of nitrogens with one attached hydrogen (secondary N) is 3. The van der Waals surface area contributed by atoms with Gasteiger partial charge in [0.05, 0.1) is 12.6 Å². The summed E-state index contributed by atoms with van der Waals surface area (Å²) < 4.78 is 11.6. The van der Waals surface area contributed by atoms with E-state index in [1.165, 1.54) is 6.33 Å². The van der Waals surface area contributed by atoms with Gasteiger partial charge in [-0.2, -0.15) is 0 Å². The Hall–Kier alpha value is -5.11. The van der Waals surface area contributed by atoms with Crippen LogP contribution in [0.4, 0.5) is 27.7 Å². The summed E-state index contributed by atoms with van der Waals surface area (Å²) in [5, 5.41) is 9.72. The Bertz CT molecular complexity index is 1490. The minimum atomic E-state index is -0.314. The number of carbonyl (C=O) groups excluding carboxylic acids is 1. The first kappa shape index (κ1) is 23.6. The van der Waals surface area contributed by atoms with Gasteiger partial charge in [-0.15, -0.1) is 0 Å². The van der Waals surface area contributed by atoms with Crippen molar-refractivity contribution in [3.05, 3.63) is 109 Å². The third-order valence-electron chi connectivity index (χ3n) is 5.60. The Labute approximate surface area is 214 Å². The summed E-state index contributed by atoms with van der Waals surface area (Å²) in [6, 6.07) is 30.0. The van der Waals surface area contributed by atoms with E-state index >= 15 is 0 Å². The van der Waals surface area contributed by atoms with Gasteiger partial charge in [-0.05, 0) is 48.0 Å². The predicted octanol–water partition coefficient (Wildman–Crippen LogP) is 6.61. The van der Waals surface area contributed by atoms with E-state index in [1.54, 1.807) is 7.11 Å². The van der Waals surface area contributed by atoms with Crippen molar-refractivity contribution in [2.24, 2.45) is 0 Å². The van der Waals surface area contributed by atoms with E-state index in [4.69, 9.17) is 9.47 Å². The number of aromatic nitrogens is 2. The number of carbonyl (C=O) groups is 1. The lowest BCUT2D eigenvalue weighted by atomic mass is 10.2. The van der Waals surface area contributed by atoms with Crippen LogP contribution in [0.15, 0.2) is 103 Å². The van der Waals surface area contributed by atoms with Crippen molar-refractivity contribution in [3.8, 4) is 11.5 Å². The van der Waals surface area contributed by atoms with E-state index in [9.17, 15) is 4.79 Å². The van der Waals surface area contributed by atoms with Gasteiger partial charge in [0.1, 0.15) is 18.8 Å². The summed E-state index contributed by atoms with van der Waals surface area (Å²) in [5.74, 6) is 1.82. The van der Waals surface area contributed by atoms with Crippen LogP contribution < -0.4 is 25.4 Å². The number of fused-ring (bicyclic) bond motifs is 1. The summed E-state index contributed by atoms with van der Waals surface area (Å²) in [5.41, 5.74) is 3.96. The summed E-state index contributed by atoms with van der Waals surface area (Å²) >= 11 is 0. The van der Waals surface area contributed by atoms with Crippen molar-refractivity contribution >= 4 is 39.8 Å². The van der Waals surface area contributed by atoms with Crippen molar-refractivity contribution in [1.29, 1.82) is 0 Å². The van der Waals surface area contributed by atoms with E-state index in [-0.39, 0.29) is 6.03 Å². The summed E-state index contributed by atoms with van der Waals surface area (Å²) in [6.07, 6.45) is 1.50. The molecule has 0 fully saturated rings. The highest BCUT2D eigenvalue weighted by Gasteiger charge is 2.12. The first-order chi connectivity index (χ1) is 18.2. The third kappa shape index (κ3) is 5.94. The first-order valence-electron chi connectivity index (χ1n) is 11.7. The Morgan fingerprint density at radius 3 is 2.11 bits per heavy atom. The number of para-hydroxylation sites is 1. The van der Waals surface area contributed by atoms with Crippen molar-refractivity contribution in [1.82, 2.24) is 9.97 Å². The van der Waals surface area contributed by atoms with Gasteiger partial charge in [0, 0.05) is 28.5 Å². The molecule has 2 amide bonds. The first-order valence-corrected chi connectivity index (χ1v) is 11.7. The van der Waals surface area contributed by atoms with E-state index < -0.39 is 0 Å². The average Bonchev–Trinajstić information content (AvgIpc) is 2.93. The maximum Gasteiger partial charge on any atom is 0.323 e. The standard InChI is InChI=1S/C29H25N5O3/c1-36-26-16-24-25(17-27(26)37-18-20-8-4-2-5-9-20)30-19-31-28(24)32-22-12-14-23(15-13-22)34-29(35)33-21-10-6-3-7-11-21/h2-17,19H,18H2,1H3,(H,30,31,32)(H2,33,34,35). The van der Waals surface area contributed by atoms with E-state index in [2.05, 4.69) is 25.9 Å². The highest BCUT2D eigenvalue weighted by atomic mass is 16.5. The molecule has 3 N–H and O–H groups in total. The van der Waals surface area contributed by atoms with Crippen molar-refractivity contribution in [2.75, 3.05) is 23.1 Å². The number of amides is 2. The van der Waals surface area contributed by atoms with Crippen LogP contribution in [-0.4, -0.2) is 23.1 Å². The molecule has 37 heavy (non-hydrogen) atoms. The molecule has 5 rings (SSSR count). The van der Waals surface area contributed by atoms with Crippen molar-refractivity contribution < 1.29 is 14.3 Å². The molecule has 0 spiro atoms. The predicted molar refractivity (Wildman–Crippen MR) is 146 cm³/mol. The van der Waals surface area contributed by atoms with Crippen LogP contribution in [0.3, 0.4) is 0 Å². The molecule has 184 valence electrons. The Kier molecular flexibility index (Phi) is 7.08. The van der Waals surface area contributed by atoms with Crippen LogP contribution in [-0.2, 0) is 6.61 Å². The van der Waals surface area contributed by atoms with E-state index in [0.717, 1.165) is 27.8 Å². The molecule has 0 radical (unpaired) electrons. The number of ether oxygens (including phenoxy) is 2. The van der Waals surface area contributed by atoms with Gasteiger partial charge in [0.2, 0.25) is 0 Å². The van der Waals surface area contributed by atoms with Crippen LogP contribution in [0.1, 0.15) is 5.56 Å². The second-order valence-electron chi connectivity index (χ2n) is 8.16. The fraction of sp³-hybridized carbons (Fsp3) is 0.0690. The number of methoxy groups -OCH3 is 1. The SMILES string of the molecule is COc1cc2c(Nc3ccc(NC(=O)Nc4ccccc4)cc3)ncnc2cc1OCc1ccccc1. The zero-order valence-corrected chi connectivity index (χ0v) is 20.1. The summed E-state index contributed by atoms with van der Waals surface area (Å²) in [7, 11) is 1.60. The van der Waals surface area contributed by atoms with Crippen molar-refractivity contribution in [3.63, 3.8) is 0 Å². The van der Waals surface area contributed by atoms with Gasteiger partial charge in [0.25, 0.3) is 0 Å². The molecular formula is C29H25N5O3. The van der Waals surface area contributed by atoms with Crippen LogP contribution in [0.2, 0.25) is 0 Å². The zero-order valence-electron chi connectivity index (χ0n) is 20.1. The number of urea groups is 1. The summed E-state index contributed by atoms with van der Waals surface area (Å²) in [6.45, 7) is 0.419. The number of hydrogen-bond donors (Lipinski definition) is 3. The van der Waals surface area contributed by atoms with Crippen LogP contribution in [0.5, 0.6) is 11.5 Å². The smallest absolute Gasteiger partial charge is 0.323 e. The molecule has 0 bridgehead atoms. The molecule has 4 aromatic carbocycles. The quantitative estimate of drug-likeness (QED) is 0.226. The van der Waals surface area contributed by atoms with Gasteiger partial charge in [-0.3, -0.25) is 0 Å². The highest BCUT2D eigenvalue weighted by Crippen LogP contribution is 2.35. The van der Waals surface area contributed by atoms with Gasteiger partial charge in [-0.1, -0.05) is 48.5 Å². The molecule has 1 heterocycles. The largest absolute Gasteiger partial charge is 0.493 e. The lowest BCUT2D eigenvalue weighted by Gasteiger charge is -2.14. The Morgan fingerprint density at radius 2 is 1.41 bits per heavy atom. The second-order valence-corrected chi connectivity index (χ2v) is 8.16. The van der Waals surface area contributed by atoms with Crippen molar-refractivity contribution in [2.45, 2.75) is 6.61 Å². The van der Waals surface area contributed by atoms with Gasteiger partial charge < -0.3 is 25.4 Å².